The Bertz CT molecular complexity index is 539. The number of nitrogens with zero attached hydrogens (tertiary/aromatic N) is 4. The van der Waals surface area contributed by atoms with E-state index in [1.165, 1.54) is 12.7 Å². The summed E-state index contributed by atoms with van der Waals surface area (Å²) in [6.45, 7) is 30.2. The minimum atomic E-state index is 0. The molecule has 0 aliphatic heterocycles. The van der Waals surface area contributed by atoms with Crippen LogP contribution >= 0.6 is 0 Å². The predicted octanol–water partition coefficient (Wildman–Crippen LogP) is 7.07. The molecule has 0 N–H and O–H groups in total. The summed E-state index contributed by atoms with van der Waals surface area (Å²) in [4.78, 5) is 9.60. The predicted molar refractivity (Wildman–Crippen MR) is 134 cm³/mol. The van der Waals surface area contributed by atoms with Gasteiger partial charge in [0.05, 0.1) is 12.4 Å². The van der Waals surface area contributed by atoms with Gasteiger partial charge in [0.15, 0.2) is 12.3 Å². The Morgan fingerprint density at radius 3 is 1.44 bits per heavy atom. The Kier molecular flexibility index (Phi) is 25.4. The zero-order valence-corrected chi connectivity index (χ0v) is 25.7. The van der Waals surface area contributed by atoms with Crippen LogP contribution in [0.25, 0.3) is 5.32 Å². The quantitative estimate of drug-likeness (QED) is 0.392. The molecule has 0 aliphatic carbocycles. The number of aromatic nitrogens is 2. The molecule has 2 heterocycles. The van der Waals surface area contributed by atoms with E-state index in [0.717, 1.165) is 19.0 Å². The molecule has 2 rings (SSSR count). The molecular weight excluding hydrogens is 477 g/mol. The van der Waals surface area contributed by atoms with E-state index in [0.29, 0.717) is 5.41 Å². The summed E-state index contributed by atoms with van der Waals surface area (Å²) in [6, 6.07) is 0. The van der Waals surface area contributed by atoms with Crippen molar-refractivity contribution in [1.29, 1.82) is 0 Å². The zero-order valence-electron chi connectivity index (χ0n) is 22.9. The van der Waals surface area contributed by atoms with Crippen molar-refractivity contribution in [2.75, 3.05) is 27.2 Å². The molecule has 7 heteroatoms. The monoisotopic (exact) mass is 526 g/mol. The molecule has 2 aromatic heterocycles. The molecule has 0 amide bonds. The van der Waals surface area contributed by atoms with Crippen LogP contribution in [0.15, 0.2) is 40.1 Å². The molecule has 0 bridgehead atoms. The van der Waals surface area contributed by atoms with Crippen molar-refractivity contribution in [3.05, 3.63) is 56.4 Å². The average molecular weight is 527 g/mol. The first-order valence-electron chi connectivity index (χ1n) is 10.6. The number of oxazole rings is 2. The average Bonchev–Trinajstić information content (AvgIpc) is 3.35. The largest absolute Gasteiger partial charge is 3.00 e. The van der Waals surface area contributed by atoms with Crippen LogP contribution in [-0.2, 0) is 38.1 Å². The van der Waals surface area contributed by atoms with Gasteiger partial charge in [-0.2, -0.15) is 7.05 Å². The van der Waals surface area contributed by atoms with Gasteiger partial charge in [-0.25, -0.2) is 9.97 Å². The van der Waals surface area contributed by atoms with Crippen LogP contribution in [0.5, 0.6) is 0 Å². The molecule has 0 atom stereocenters. The molecule has 0 saturated heterocycles. The van der Waals surface area contributed by atoms with Crippen molar-refractivity contribution < 1.29 is 41.5 Å². The summed E-state index contributed by atoms with van der Waals surface area (Å²) in [5.41, 5.74) is 0.712. The van der Waals surface area contributed by atoms with Crippen LogP contribution in [0.4, 0.5) is 0 Å². The Morgan fingerprint density at radius 2 is 1.34 bits per heavy atom. The van der Waals surface area contributed by atoms with E-state index in [1.807, 2.05) is 19.0 Å². The molecule has 32 heavy (non-hydrogen) atoms. The third kappa shape index (κ3) is 39.9. The molecule has 6 nitrogen and oxygen atoms in total. The maximum Gasteiger partial charge on any atom is 3.00 e. The second kappa shape index (κ2) is 21.0. The summed E-state index contributed by atoms with van der Waals surface area (Å²) in [5, 5.41) is 4.02. The van der Waals surface area contributed by atoms with Gasteiger partial charge in [-0.15, -0.1) is 18.6 Å². The molecule has 184 valence electrons. The van der Waals surface area contributed by atoms with Gasteiger partial charge in [0.1, 0.15) is 12.5 Å². The maximum absolute atomic E-state index is 5.09. The van der Waals surface area contributed by atoms with Gasteiger partial charge in [0.25, 0.3) is 0 Å². The molecule has 0 aliphatic rings. The molecule has 2 aromatic rings. The SMILES string of the molecule is CC(C)(C)C.CC(C)(C)c1ncco1.C[N-]C(C)(C)C.[CH2-]CN(C)C[CH2-].[Y+3].c1cocn1. The Balaban J connectivity index is -0.000000155. The van der Waals surface area contributed by atoms with Gasteiger partial charge in [0.2, 0.25) is 0 Å². The first kappa shape index (κ1) is 38.7. The fraction of sp³-hybridized carbons (Fsp3) is 0.680. The topological polar surface area (TPSA) is 69.4 Å². The third-order valence-electron chi connectivity index (χ3n) is 2.86. The van der Waals surface area contributed by atoms with Crippen LogP contribution in [0.3, 0.4) is 0 Å². The van der Waals surface area contributed by atoms with Gasteiger partial charge in [-0.3, -0.25) is 0 Å². The maximum atomic E-state index is 5.09. The first-order chi connectivity index (χ1) is 14.0. The van der Waals surface area contributed by atoms with Crippen molar-refractivity contribution in [1.82, 2.24) is 14.9 Å². The molecular formula is C25H49N4O2Y. The minimum Gasteiger partial charge on any atom is -0.660 e. The molecule has 0 radical (unpaired) electrons. The van der Waals surface area contributed by atoms with E-state index in [9.17, 15) is 0 Å². The summed E-state index contributed by atoms with van der Waals surface area (Å²) < 4.78 is 9.56. The van der Waals surface area contributed by atoms with Crippen molar-refractivity contribution >= 4 is 0 Å². The van der Waals surface area contributed by atoms with E-state index in [4.69, 9.17) is 4.42 Å². The van der Waals surface area contributed by atoms with Crippen molar-refractivity contribution in [2.45, 2.75) is 80.2 Å². The van der Waals surface area contributed by atoms with Crippen molar-refractivity contribution in [3.8, 4) is 0 Å². The number of hydrogen-bond acceptors (Lipinski definition) is 5. The standard InChI is InChI=1S/C7H11NO.C5H12N.C5H11N.C5H12.C3H3NO.Y/c1-7(2,3)6-8-4-5-9-6;1-5(2,3)6-4;1-4-6(3)5-2;1-5(2,3)4;1-2-5-3-4-1;/h4-5H,1-3H3;1-4H3;1-2,4-5H2,3H3;1-4H3;1-3H;/q;-1;-2;;;+3. The van der Waals surface area contributed by atoms with E-state index < -0.39 is 0 Å². The summed E-state index contributed by atoms with van der Waals surface area (Å²) in [5.74, 6) is 0.794. The van der Waals surface area contributed by atoms with Crippen molar-refractivity contribution in [2.24, 2.45) is 5.41 Å². The van der Waals surface area contributed by atoms with Gasteiger partial charge in [-0.05, 0) is 12.5 Å². The smallest absolute Gasteiger partial charge is 0.660 e. The molecule has 0 spiro atoms. The zero-order chi connectivity index (χ0) is 25.1. The van der Waals surface area contributed by atoms with Crippen LogP contribution in [0.1, 0.15) is 75.1 Å². The summed E-state index contributed by atoms with van der Waals surface area (Å²) in [6.07, 6.45) is 7.74. The third-order valence-corrected chi connectivity index (χ3v) is 2.86. The number of rotatable bonds is 2. The van der Waals surface area contributed by atoms with Crippen LogP contribution in [0, 0.1) is 19.3 Å². The first-order valence-corrected chi connectivity index (χ1v) is 10.6. The number of hydrogen-bond donors (Lipinski definition) is 0. The molecule has 0 fully saturated rings. The van der Waals surface area contributed by atoms with E-state index in [1.54, 1.807) is 18.7 Å². The Labute approximate surface area is 224 Å². The second-order valence-corrected chi connectivity index (χ2v) is 10.5. The van der Waals surface area contributed by atoms with Gasteiger partial charge >= 0.3 is 32.7 Å². The Hall–Kier alpha value is -0.556. The molecule has 0 aromatic carbocycles. The normalized spacial score (nSPS) is 10.6. The molecule has 0 unspecified atom stereocenters. The fourth-order valence-electron chi connectivity index (χ4n) is 0.881. The van der Waals surface area contributed by atoms with Gasteiger partial charge in [-0.1, -0.05) is 69.2 Å². The molecule has 0 saturated carbocycles. The van der Waals surface area contributed by atoms with Crippen molar-refractivity contribution in [3.63, 3.8) is 0 Å². The summed E-state index contributed by atoms with van der Waals surface area (Å²) in [7, 11) is 3.82. The van der Waals surface area contributed by atoms with Crippen LogP contribution < -0.4 is 0 Å². The van der Waals surface area contributed by atoms with E-state index in [-0.39, 0.29) is 43.7 Å². The van der Waals surface area contributed by atoms with Gasteiger partial charge < -0.3 is 32.9 Å². The van der Waals surface area contributed by atoms with Crippen LogP contribution in [0.2, 0.25) is 0 Å². The fourth-order valence-corrected chi connectivity index (χ4v) is 0.881. The minimum absolute atomic E-state index is 0. The van der Waals surface area contributed by atoms with Crippen LogP contribution in [-0.4, -0.2) is 47.6 Å². The van der Waals surface area contributed by atoms with E-state index in [2.05, 4.69) is 103 Å². The van der Waals surface area contributed by atoms with Gasteiger partial charge in [0, 0.05) is 5.41 Å². The Morgan fingerprint density at radius 1 is 0.906 bits per heavy atom. The summed E-state index contributed by atoms with van der Waals surface area (Å²) >= 11 is 0. The van der Waals surface area contributed by atoms with E-state index >= 15 is 0 Å². The second-order valence-electron chi connectivity index (χ2n) is 10.5.